The van der Waals surface area contributed by atoms with Gasteiger partial charge < -0.3 is 10.1 Å². The summed E-state index contributed by atoms with van der Waals surface area (Å²) >= 11 is 0. The highest BCUT2D eigenvalue weighted by atomic mass is 32.2. The number of hydrogen-bond donors (Lipinski definition) is 1. The molecule has 0 aromatic heterocycles. The van der Waals surface area contributed by atoms with E-state index in [4.69, 9.17) is 4.74 Å². The third-order valence-electron chi connectivity index (χ3n) is 3.47. The lowest BCUT2D eigenvalue weighted by molar-refractivity contribution is -0.0778. The van der Waals surface area contributed by atoms with Gasteiger partial charge >= 0.3 is 0 Å². The van der Waals surface area contributed by atoms with Crippen molar-refractivity contribution >= 4 is 9.84 Å². The van der Waals surface area contributed by atoms with Crippen LogP contribution in [-0.2, 0) is 14.6 Å². The van der Waals surface area contributed by atoms with Crippen molar-refractivity contribution in [2.75, 3.05) is 25.2 Å². The van der Waals surface area contributed by atoms with Gasteiger partial charge in [0.05, 0.1) is 11.4 Å². The molecular formula is C12H25NO3S. The predicted octanol–water partition coefficient (Wildman–Crippen LogP) is 1.36. The molecule has 1 rings (SSSR count). The molecule has 0 amide bonds. The van der Waals surface area contributed by atoms with E-state index in [1.807, 2.05) is 0 Å². The molecule has 0 radical (unpaired) electrons. The maximum absolute atomic E-state index is 11.0. The minimum Gasteiger partial charge on any atom is -0.375 e. The molecule has 1 aliphatic rings. The molecule has 1 aliphatic heterocycles. The van der Waals surface area contributed by atoms with E-state index in [-0.39, 0.29) is 11.4 Å². The molecule has 5 heteroatoms. The smallest absolute Gasteiger partial charge is 0.147 e. The van der Waals surface area contributed by atoms with E-state index in [0.717, 1.165) is 32.4 Å². The van der Waals surface area contributed by atoms with Gasteiger partial charge in [0.2, 0.25) is 0 Å². The Kier molecular flexibility index (Phi) is 5.41. The Morgan fingerprint density at radius 2 is 2.18 bits per heavy atom. The quantitative estimate of drug-likeness (QED) is 0.735. The van der Waals surface area contributed by atoms with Crippen molar-refractivity contribution in [3.05, 3.63) is 0 Å². The molecular weight excluding hydrogens is 238 g/mol. The summed E-state index contributed by atoms with van der Waals surface area (Å²) in [5, 5.41) is 3.44. The second-order valence-electron chi connectivity index (χ2n) is 5.28. The van der Waals surface area contributed by atoms with Crippen LogP contribution in [0.4, 0.5) is 0 Å². The minimum absolute atomic E-state index is 0.00719. The molecule has 0 aliphatic carbocycles. The molecule has 0 aromatic carbocycles. The SMILES string of the molecule is CCC1(C)CC(NCCCS(C)(=O)=O)CCO1. The van der Waals surface area contributed by atoms with Crippen LogP contribution in [0.2, 0.25) is 0 Å². The van der Waals surface area contributed by atoms with Crippen molar-refractivity contribution in [3.8, 4) is 0 Å². The number of sulfone groups is 1. The van der Waals surface area contributed by atoms with Gasteiger partial charge in [-0.3, -0.25) is 0 Å². The zero-order valence-corrected chi connectivity index (χ0v) is 12.0. The highest BCUT2D eigenvalue weighted by molar-refractivity contribution is 7.90. The average Bonchev–Trinajstić information content (AvgIpc) is 2.24. The molecule has 102 valence electrons. The van der Waals surface area contributed by atoms with Gasteiger partial charge in [-0.25, -0.2) is 8.42 Å². The zero-order chi connectivity index (χ0) is 12.9. The second kappa shape index (κ2) is 6.16. The lowest BCUT2D eigenvalue weighted by Crippen LogP contribution is -2.45. The summed E-state index contributed by atoms with van der Waals surface area (Å²) in [5.74, 6) is 0.272. The molecule has 0 aromatic rings. The molecule has 0 saturated carbocycles. The number of hydrogen-bond acceptors (Lipinski definition) is 4. The third kappa shape index (κ3) is 5.84. The fourth-order valence-electron chi connectivity index (χ4n) is 2.19. The summed E-state index contributed by atoms with van der Waals surface area (Å²) in [5.41, 5.74) is -0.00719. The van der Waals surface area contributed by atoms with Crippen LogP contribution in [0, 0.1) is 0 Å². The first-order valence-corrected chi connectivity index (χ1v) is 8.46. The van der Waals surface area contributed by atoms with Crippen LogP contribution in [-0.4, -0.2) is 45.2 Å². The third-order valence-corrected chi connectivity index (χ3v) is 4.50. The van der Waals surface area contributed by atoms with Gasteiger partial charge in [0.25, 0.3) is 0 Å². The van der Waals surface area contributed by atoms with Gasteiger partial charge in [-0.1, -0.05) is 6.92 Å². The molecule has 1 fully saturated rings. The highest BCUT2D eigenvalue weighted by Gasteiger charge is 2.31. The van der Waals surface area contributed by atoms with E-state index in [0.29, 0.717) is 12.5 Å². The van der Waals surface area contributed by atoms with E-state index in [1.54, 1.807) is 0 Å². The van der Waals surface area contributed by atoms with Crippen LogP contribution in [0.15, 0.2) is 0 Å². The molecule has 1 saturated heterocycles. The highest BCUT2D eigenvalue weighted by Crippen LogP contribution is 2.27. The fraction of sp³-hybridized carbons (Fsp3) is 1.00. The number of nitrogens with one attached hydrogen (secondary N) is 1. The molecule has 0 bridgehead atoms. The molecule has 2 unspecified atom stereocenters. The van der Waals surface area contributed by atoms with Crippen LogP contribution in [0.25, 0.3) is 0 Å². The Morgan fingerprint density at radius 1 is 1.47 bits per heavy atom. The van der Waals surface area contributed by atoms with Gasteiger partial charge in [0.15, 0.2) is 0 Å². The van der Waals surface area contributed by atoms with E-state index < -0.39 is 9.84 Å². The Bertz CT molecular complexity index is 329. The number of rotatable bonds is 6. The van der Waals surface area contributed by atoms with Crippen molar-refractivity contribution in [2.24, 2.45) is 0 Å². The minimum atomic E-state index is -2.82. The molecule has 1 N–H and O–H groups in total. The summed E-state index contributed by atoms with van der Waals surface area (Å²) in [7, 11) is -2.82. The van der Waals surface area contributed by atoms with Crippen LogP contribution in [0.3, 0.4) is 0 Å². The zero-order valence-electron chi connectivity index (χ0n) is 11.2. The fourth-order valence-corrected chi connectivity index (χ4v) is 2.86. The lowest BCUT2D eigenvalue weighted by atomic mass is 9.90. The van der Waals surface area contributed by atoms with Crippen LogP contribution in [0.5, 0.6) is 0 Å². The Hall–Kier alpha value is -0.130. The largest absolute Gasteiger partial charge is 0.375 e. The summed E-state index contributed by atoms with van der Waals surface area (Å²) < 4.78 is 27.7. The van der Waals surface area contributed by atoms with E-state index in [9.17, 15) is 8.42 Å². The summed E-state index contributed by atoms with van der Waals surface area (Å²) in [4.78, 5) is 0. The van der Waals surface area contributed by atoms with Crippen molar-refractivity contribution in [2.45, 2.75) is 51.2 Å². The maximum Gasteiger partial charge on any atom is 0.147 e. The standard InChI is InChI=1S/C12H25NO3S/c1-4-12(2)10-11(6-8-16-12)13-7-5-9-17(3,14)15/h11,13H,4-10H2,1-3H3. The summed E-state index contributed by atoms with van der Waals surface area (Å²) in [6, 6.07) is 0.466. The monoisotopic (exact) mass is 263 g/mol. The first-order valence-electron chi connectivity index (χ1n) is 6.40. The summed E-state index contributed by atoms with van der Waals surface area (Å²) in [6.07, 6.45) is 5.04. The number of ether oxygens (including phenoxy) is 1. The first-order chi connectivity index (χ1) is 7.85. The van der Waals surface area contributed by atoms with E-state index >= 15 is 0 Å². The Balaban J connectivity index is 2.24. The molecule has 2 atom stereocenters. The van der Waals surface area contributed by atoms with Crippen LogP contribution < -0.4 is 5.32 Å². The normalized spacial score (nSPS) is 30.4. The summed E-state index contributed by atoms with van der Waals surface area (Å²) in [6.45, 7) is 5.87. The Morgan fingerprint density at radius 3 is 2.76 bits per heavy atom. The molecule has 4 nitrogen and oxygen atoms in total. The van der Waals surface area contributed by atoms with Crippen LogP contribution >= 0.6 is 0 Å². The van der Waals surface area contributed by atoms with Gasteiger partial charge in [0, 0.05) is 18.9 Å². The van der Waals surface area contributed by atoms with Gasteiger partial charge in [-0.05, 0) is 39.2 Å². The predicted molar refractivity (Wildman–Crippen MR) is 70.0 cm³/mol. The molecule has 1 heterocycles. The van der Waals surface area contributed by atoms with E-state index in [2.05, 4.69) is 19.2 Å². The second-order valence-corrected chi connectivity index (χ2v) is 7.54. The van der Waals surface area contributed by atoms with E-state index in [1.165, 1.54) is 6.26 Å². The van der Waals surface area contributed by atoms with Gasteiger partial charge in [-0.2, -0.15) is 0 Å². The first kappa shape index (κ1) is 14.9. The topological polar surface area (TPSA) is 55.4 Å². The van der Waals surface area contributed by atoms with Crippen molar-refractivity contribution in [1.29, 1.82) is 0 Å². The van der Waals surface area contributed by atoms with Gasteiger partial charge in [-0.15, -0.1) is 0 Å². The van der Waals surface area contributed by atoms with Crippen molar-refractivity contribution in [1.82, 2.24) is 5.32 Å². The maximum atomic E-state index is 11.0. The lowest BCUT2D eigenvalue weighted by Gasteiger charge is -2.38. The van der Waals surface area contributed by atoms with Crippen molar-refractivity contribution in [3.63, 3.8) is 0 Å². The molecule has 17 heavy (non-hydrogen) atoms. The molecule has 0 spiro atoms. The van der Waals surface area contributed by atoms with Crippen LogP contribution in [0.1, 0.15) is 39.5 Å². The Labute approximate surface area is 105 Å². The van der Waals surface area contributed by atoms with Gasteiger partial charge in [0.1, 0.15) is 9.84 Å². The average molecular weight is 263 g/mol. The van der Waals surface area contributed by atoms with Crippen molar-refractivity contribution < 1.29 is 13.2 Å².